The van der Waals surface area contributed by atoms with Gasteiger partial charge in [0, 0.05) is 5.56 Å². The zero-order valence-electron chi connectivity index (χ0n) is 9.32. The first-order valence-corrected chi connectivity index (χ1v) is 5.79. The number of rotatable bonds is 4. The quantitative estimate of drug-likeness (QED) is 0.789. The van der Waals surface area contributed by atoms with E-state index >= 15 is 0 Å². The lowest BCUT2D eigenvalue weighted by Crippen LogP contribution is -2.14. The second-order valence-electron chi connectivity index (χ2n) is 4.18. The van der Waals surface area contributed by atoms with E-state index in [2.05, 4.69) is 0 Å². The van der Waals surface area contributed by atoms with Crippen LogP contribution in [0.4, 0.5) is 0 Å². The third-order valence-electron chi connectivity index (χ3n) is 2.97. The summed E-state index contributed by atoms with van der Waals surface area (Å²) in [5.74, 6) is 0.813. The first-order chi connectivity index (χ1) is 7.79. The summed E-state index contributed by atoms with van der Waals surface area (Å²) in [6.45, 7) is 0.0584. The topological polar surface area (TPSA) is 52.3 Å². The molecule has 1 saturated carbocycles. The molecule has 1 aromatic rings. The second kappa shape index (κ2) is 5.12. The predicted molar refractivity (Wildman–Crippen MR) is 62.7 cm³/mol. The summed E-state index contributed by atoms with van der Waals surface area (Å²) < 4.78 is 5.80. The van der Waals surface area contributed by atoms with Gasteiger partial charge in [-0.1, -0.05) is 0 Å². The normalized spacial score (nSPS) is 16.3. The highest BCUT2D eigenvalue weighted by Crippen LogP contribution is 2.24. The molecule has 0 radical (unpaired) electrons. The van der Waals surface area contributed by atoms with Gasteiger partial charge in [0.15, 0.2) is 5.78 Å². The summed E-state index contributed by atoms with van der Waals surface area (Å²) in [5.41, 5.74) is 5.95. The van der Waals surface area contributed by atoms with E-state index in [0.717, 1.165) is 18.6 Å². The minimum Gasteiger partial charge on any atom is -0.490 e. The van der Waals surface area contributed by atoms with Crippen molar-refractivity contribution in [1.82, 2.24) is 0 Å². The van der Waals surface area contributed by atoms with Crippen LogP contribution in [0.1, 0.15) is 36.0 Å². The van der Waals surface area contributed by atoms with Gasteiger partial charge in [-0.05, 0) is 49.9 Å². The lowest BCUT2D eigenvalue weighted by atomic mass is 10.1. The van der Waals surface area contributed by atoms with Crippen LogP contribution in [-0.2, 0) is 0 Å². The smallest absolute Gasteiger partial charge is 0.176 e. The highest BCUT2D eigenvalue weighted by atomic mass is 16.5. The number of benzene rings is 1. The third-order valence-corrected chi connectivity index (χ3v) is 2.97. The maximum Gasteiger partial charge on any atom is 0.176 e. The van der Waals surface area contributed by atoms with Crippen molar-refractivity contribution in [2.24, 2.45) is 5.73 Å². The van der Waals surface area contributed by atoms with Crippen LogP contribution in [0.2, 0.25) is 0 Å². The molecule has 0 aliphatic heterocycles. The van der Waals surface area contributed by atoms with Gasteiger partial charge in [0.05, 0.1) is 12.6 Å². The van der Waals surface area contributed by atoms with Crippen molar-refractivity contribution < 1.29 is 9.53 Å². The van der Waals surface area contributed by atoms with E-state index < -0.39 is 0 Å². The minimum absolute atomic E-state index is 0.0348. The van der Waals surface area contributed by atoms with E-state index in [4.69, 9.17) is 10.5 Å². The van der Waals surface area contributed by atoms with Crippen LogP contribution in [0, 0.1) is 0 Å². The molecule has 16 heavy (non-hydrogen) atoms. The van der Waals surface area contributed by atoms with E-state index in [-0.39, 0.29) is 12.3 Å². The molecule has 0 aromatic heterocycles. The monoisotopic (exact) mass is 219 g/mol. The van der Waals surface area contributed by atoms with Crippen molar-refractivity contribution in [1.29, 1.82) is 0 Å². The molecule has 3 heteroatoms. The molecular formula is C13H17NO2. The third kappa shape index (κ3) is 2.61. The number of nitrogens with two attached hydrogens (primary N) is 1. The SMILES string of the molecule is NCC(=O)c1ccc(OC2CCCC2)cc1. The number of Topliss-reactive ketones (excluding diaryl/α,β-unsaturated/α-hetero) is 1. The van der Waals surface area contributed by atoms with Gasteiger partial charge in [-0.15, -0.1) is 0 Å². The van der Waals surface area contributed by atoms with Gasteiger partial charge in [0.1, 0.15) is 5.75 Å². The largest absolute Gasteiger partial charge is 0.490 e. The fourth-order valence-corrected chi connectivity index (χ4v) is 2.04. The average Bonchev–Trinajstić information content (AvgIpc) is 2.82. The van der Waals surface area contributed by atoms with Crippen LogP contribution in [0.15, 0.2) is 24.3 Å². The Morgan fingerprint density at radius 2 is 1.88 bits per heavy atom. The molecule has 0 unspecified atom stereocenters. The fourth-order valence-electron chi connectivity index (χ4n) is 2.04. The van der Waals surface area contributed by atoms with Crippen molar-refractivity contribution >= 4 is 5.78 Å². The highest BCUT2D eigenvalue weighted by Gasteiger charge is 2.16. The Labute approximate surface area is 95.6 Å². The molecule has 1 fully saturated rings. The molecule has 2 N–H and O–H groups in total. The molecule has 0 saturated heterocycles. The van der Waals surface area contributed by atoms with E-state index in [1.165, 1.54) is 12.8 Å². The van der Waals surface area contributed by atoms with Gasteiger partial charge < -0.3 is 10.5 Å². The average molecular weight is 219 g/mol. The van der Waals surface area contributed by atoms with E-state index in [1.54, 1.807) is 12.1 Å². The molecule has 86 valence electrons. The Hall–Kier alpha value is -1.35. The van der Waals surface area contributed by atoms with Crippen LogP contribution >= 0.6 is 0 Å². The van der Waals surface area contributed by atoms with Crippen LogP contribution in [0.5, 0.6) is 5.75 Å². The number of carbonyl (C=O) groups excluding carboxylic acids is 1. The molecule has 0 amide bonds. The molecule has 1 aliphatic carbocycles. The van der Waals surface area contributed by atoms with Crippen LogP contribution in [0.25, 0.3) is 0 Å². The Morgan fingerprint density at radius 3 is 2.44 bits per heavy atom. The molecule has 0 atom stereocenters. The summed E-state index contributed by atoms with van der Waals surface area (Å²) in [4.78, 5) is 11.3. The second-order valence-corrected chi connectivity index (χ2v) is 4.18. The molecule has 1 aromatic carbocycles. The molecule has 0 spiro atoms. The van der Waals surface area contributed by atoms with Gasteiger partial charge in [-0.3, -0.25) is 4.79 Å². The molecule has 3 nitrogen and oxygen atoms in total. The van der Waals surface area contributed by atoms with E-state index in [1.807, 2.05) is 12.1 Å². The van der Waals surface area contributed by atoms with Gasteiger partial charge >= 0.3 is 0 Å². The summed E-state index contributed by atoms with van der Waals surface area (Å²) in [6, 6.07) is 7.25. The van der Waals surface area contributed by atoms with Gasteiger partial charge in [-0.2, -0.15) is 0 Å². The number of hydrogen-bond donors (Lipinski definition) is 1. The summed E-state index contributed by atoms with van der Waals surface area (Å²) in [5, 5.41) is 0. The highest BCUT2D eigenvalue weighted by molar-refractivity contribution is 5.97. The zero-order valence-corrected chi connectivity index (χ0v) is 9.32. The van der Waals surface area contributed by atoms with Crippen molar-refractivity contribution in [3.63, 3.8) is 0 Å². The Kier molecular flexibility index (Phi) is 3.57. The molecule has 1 aliphatic rings. The van der Waals surface area contributed by atoms with Crippen molar-refractivity contribution in [3.05, 3.63) is 29.8 Å². The summed E-state index contributed by atoms with van der Waals surface area (Å²) >= 11 is 0. The molecule has 0 bridgehead atoms. The standard InChI is InChI=1S/C13H17NO2/c14-9-13(15)10-5-7-12(8-6-10)16-11-3-1-2-4-11/h5-8,11H,1-4,9,14H2. The molecular weight excluding hydrogens is 202 g/mol. The Balaban J connectivity index is 1.98. The summed E-state index contributed by atoms with van der Waals surface area (Å²) in [7, 11) is 0. The maximum atomic E-state index is 11.3. The van der Waals surface area contributed by atoms with Gasteiger partial charge in [0.25, 0.3) is 0 Å². The lowest BCUT2D eigenvalue weighted by Gasteiger charge is -2.12. The molecule has 2 rings (SSSR count). The number of hydrogen-bond acceptors (Lipinski definition) is 3. The van der Waals surface area contributed by atoms with Crippen LogP contribution < -0.4 is 10.5 Å². The number of ether oxygens (including phenoxy) is 1. The van der Waals surface area contributed by atoms with Crippen molar-refractivity contribution in [2.75, 3.05) is 6.54 Å². The van der Waals surface area contributed by atoms with Gasteiger partial charge in [-0.25, -0.2) is 0 Å². The lowest BCUT2D eigenvalue weighted by molar-refractivity contribution is 0.100. The van der Waals surface area contributed by atoms with Crippen LogP contribution in [-0.4, -0.2) is 18.4 Å². The van der Waals surface area contributed by atoms with E-state index in [9.17, 15) is 4.79 Å². The molecule has 0 heterocycles. The van der Waals surface area contributed by atoms with Crippen molar-refractivity contribution in [3.8, 4) is 5.75 Å². The Morgan fingerprint density at radius 1 is 1.25 bits per heavy atom. The minimum atomic E-state index is -0.0348. The Bertz CT molecular complexity index is 353. The zero-order chi connectivity index (χ0) is 11.4. The number of carbonyl (C=O) groups is 1. The summed E-state index contributed by atoms with van der Waals surface area (Å²) in [6.07, 6.45) is 5.16. The van der Waals surface area contributed by atoms with Crippen LogP contribution in [0.3, 0.4) is 0 Å². The number of ketones is 1. The van der Waals surface area contributed by atoms with Crippen molar-refractivity contribution in [2.45, 2.75) is 31.8 Å². The first kappa shape index (κ1) is 11.1. The maximum absolute atomic E-state index is 11.3. The van der Waals surface area contributed by atoms with Gasteiger partial charge in [0.2, 0.25) is 0 Å². The fraction of sp³-hybridized carbons (Fsp3) is 0.462. The predicted octanol–water partition coefficient (Wildman–Crippen LogP) is 2.15. The first-order valence-electron chi connectivity index (χ1n) is 5.79. The van der Waals surface area contributed by atoms with E-state index in [0.29, 0.717) is 11.7 Å².